The molecule has 14 heavy (non-hydrogen) atoms. The molecule has 0 saturated carbocycles. The summed E-state index contributed by atoms with van der Waals surface area (Å²) in [7, 11) is 0. The molecule has 0 aromatic heterocycles. The first-order valence-corrected chi connectivity index (χ1v) is 4.43. The van der Waals surface area contributed by atoms with E-state index < -0.39 is 6.09 Å². The molecule has 0 bridgehead atoms. The molecule has 0 radical (unpaired) electrons. The third-order valence-electron chi connectivity index (χ3n) is 2.23. The Morgan fingerprint density at radius 3 is 2.86 bits per heavy atom. The zero-order valence-corrected chi connectivity index (χ0v) is 7.73. The van der Waals surface area contributed by atoms with Gasteiger partial charge in [-0.3, -0.25) is 0 Å². The third-order valence-corrected chi connectivity index (χ3v) is 2.23. The van der Waals surface area contributed by atoms with Crippen molar-refractivity contribution in [2.45, 2.75) is 19.1 Å². The van der Waals surface area contributed by atoms with Crippen LogP contribution >= 0.6 is 0 Å². The number of rotatable bonds is 1. The minimum Gasteiger partial charge on any atom is -0.508 e. The summed E-state index contributed by atoms with van der Waals surface area (Å²) in [5, 5.41) is 11.9. The lowest BCUT2D eigenvalue weighted by Crippen LogP contribution is -2.23. The molecule has 1 saturated heterocycles. The van der Waals surface area contributed by atoms with Crippen LogP contribution < -0.4 is 5.32 Å². The number of amides is 1. The molecule has 1 fully saturated rings. The molecule has 2 unspecified atom stereocenters. The summed E-state index contributed by atoms with van der Waals surface area (Å²) < 4.78 is 5.05. The van der Waals surface area contributed by atoms with Crippen LogP contribution in [0, 0.1) is 0 Å². The zero-order valence-electron chi connectivity index (χ0n) is 7.73. The molecule has 1 amide bonds. The topological polar surface area (TPSA) is 58.6 Å². The number of phenols is 1. The van der Waals surface area contributed by atoms with Crippen LogP contribution in [0.3, 0.4) is 0 Å². The zero-order chi connectivity index (χ0) is 10.1. The summed E-state index contributed by atoms with van der Waals surface area (Å²) in [6, 6.07) is 6.66. The lowest BCUT2D eigenvalue weighted by Gasteiger charge is -2.12. The van der Waals surface area contributed by atoms with E-state index in [-0.39, 0.29) is 17.9 Å². The number of benzene rings is 1. The highest BCUT2D eigenvalue weighted by molar-refractivity contribution is 5.70. The fraction of sp³-hybridized carbons (Fsp3) is 0.300. The second kappa shape index (κ2) is 3.21. The van der Waals surface area contributed by atoms with Crippen molar-refractivity contribution in [1.82, 2.24) is 5.32 Å². The molecule has 2 atom stereocenters. The molecule has 74 valence electrons. The third kappa shape index (κ3) is 1.51. The number of ether oxygens (including phenoxy) is 1. The van der Waals surface area contributed by atoms with E-state index in [2.05, 4.69) is 5.32 Å². The summed E-state index contributed by atoms with van der Waals surface area (Å²) in [6.45, 7) is 1.86. The van der Waals surface area contributed by atoms with Gasteiger partial charge >= 0.3 is 6.09 Å². The first kappa shape index (κ1) is 8.87. The first-order chi connectivity index (χ1) is 6.66. The van der Waals surface area contributed by atoms with Crippen LogP contribution in [0.25, 0.3) is 0 Å². The van der Waals surface area contributed by atoms with Gasteiger partial charge in [-0.15, -0.1) is 0 Å². The maximum Gasteiger partial charge on any atom is 0.408 e. The van der Waals surface area contributed by atoms with Crippen LogP contribution in [0.1, 0.15) is 18.6 Å². The van der Waals surface area contributed by atoms with E-state index >= 15 is 0 Å². The number of carbonyl (C=O) groups is 1. The number of nitrogens with one attached hydrogen (secondary N) is 1. The number of hydrogen-bond acceptors (Lipinski definition) is 3. The lowest BCUT2D eigenvalue weighted by atomic mass is 10.0. The molecule has 1 aromatic rings. The predicted octanol–water partition coefficient (Wildman–Crippen LogP) is 1.56. The van der Waals surface area contributed by atoms with E-state index in [0.717, 1.165) is 5.56 Å². The highest BCUT2D eigenvalue weighted by Gasteiger charge is 2.31. The van der Waals surface area contributed by atoms with Crippen LogP contribution in [0.2, 0.25) is 0 Å². The number of cyclic esters (lactones) is 1. The molecule has 1 aliphatic rings. The number of alkyl carbamates (subject to hydrolysis) is 1. The van der Waals surface area contributed by atoms with Crippen LogP contribution in [-0.4, -0.2) is 17.2 Å². The van der Waals surface area contributed by atoms with E-state index in [1.54, 1.807) is 18.2 Å². The summed E-state index contributed by atoms with van der Waals surface area (Å²) in [4.78, 5) is 10.9. The van der Waals surface area contributed by atoms with Gasteiger partial charge in [0.1, 0.15) is 11.9 Å². The van der Waals surface area contributed by atoms with Gasteiger partial charge in [0.25, 0.3) is 0 Å². The fourth-order valence-corrected chi connectivity index (χ4v) is 1.57. The quantitative estimate of drug-likeness (QED) is 0.711. The minimum absolute atomic E-state index is 0.0655. The van der Waals surface area contributed by atoms with Crippen molar-refractivity contribution in [3.63, 3.8) is 0 Å². The molecule has 0 spiro atoms. The number of hydrogen-bond donors (Lipinski definition) is 2. The molecular weight excluding hydrogens is 182 g/mol. The number of aromatic hydroxyl groups is 1. The van der Waals surface area contributed by atoms with Gasteiger partial charge in [-0.25, -0.2) is 4.79 Å². The lowest BCUT2D eigenvalue weighted by molar-refractivity contribution is 0.133. The molecule has 2 N–H and O–H groups in total. The van der Waals surface area contributed by atoms with Crippen LogP contribution in [0.15, 0.2) is 24.3 Å². The normalized spacial score (nSPS) is 25.6. The van der Waals surface area contributed by atoms with Gasteiger partial charge in [0.15, 0.2) is 0 Å². The predicted molar refractivity (Wildman–Crippen MR) is 49.9 cm³/mol. The summed E-state index contributed by atoms with van der Waals surface area (Å²) in [5.74, 6) is 0.178. The standard InChI is InChI=1S/C10H11NO3/c1-6-9(14-10(13)11-6)7-3-2-4-8(12)5-7/h2-6,9,12H,1H3,(H,11,13). The van der Waals surface area contributed by atoms with Crippen LogP contribution in [0.5, 0.6) is 5.75 Å². The molecular formula is C10H11NO3. The van der Waals surface area contributed by atoms with E-state index in [1.807, 2.05) is 13.0 Å². The maximum absolute atomic E-state index is 10.9. The average molecular weight is 193 g/mol. The second-order valence-electron chi connectivity index (χ2n) is 3.35. The maximum atomic E-state index is 10.9. The van der Waals surface area contributed by atoms with Gasteiger partial charge in [0, 0.05) is 0 Å². The average Bonchev–Trinajstić information content (AvgIpc) is 2.45. The highest BCUT2D eigenvalue weighted by atomic mass is 16.6. The Kier molecular flexibility index (Phi) is 2.04. The highest BCUT2D eigenvalue weighted by Crippen LogP contribution is 2.27. The van der Waals surface area contributed by atoms with Crippen molar-refractivity contribution in [2.75, 3.05) is 0 Å². The van der Waals surface area contributed by atoms with E-state index in [0.29, 0.717) is 0 Å². The van der Waals surface area contributed by atoms with E-state index in [4.69, 9.17) is 4.74 Å². The molecule has 1 aromatic carbocycles. The van der Waals surface area contributed by atoms with Crippen molar-refractivity contribution in [3.8, 4) is 5.75 Å². The fourth-order valence-electron chi connectivity index (χ4n) is 1.57. The van der Waals surface area contributed by atoms with Gasteiger partial charge in [-0.05, 0) is 24.6 Å². The Bertz CT molecular complexity index is 364. The Labute approximate surface area is 81.5 Å². The summed E-state index contributed by atoms with van der Waals surface area (Å²) in [5.41, 5.74) is 0.802. The Morgan fingerprint density at radius 1 is 1.50 bits per heavy atom. The molecule has 4 heteroatoms. The number of carbonyl (C=O) groups excluding carboxylic acids is 1. The van der Waals surface area contributed by atoms with Gasteiger partial charge < -0.3 is 15.2 Å². The smallest absolute Gasteiger partial charge is 0.408 e. The molecule has 4 nitrogen and oxygen atoms in total. The van der Waals surface area contributed by atoms with Crippen LogP contribution in [-0.2, 0) is 4.74 Å². The van der Waals surface area contributed by atoms with Gasteiger partial charge in [0.05, 0.1) is 6.04 Å². The Balaban J connectivity index is 2.27. The Morgan fingerprint density at radius 2 is 2.29 bits per heavy atom. The SMILES string of the molecule is CC1NC(=O)OC1c1cccc(O)c1. The largest absolute Gasteiger partial charge is 0.508 e. The first-order valence-electron chi connectivity index (χ1n) is 4.43. The van der Waals surface area contributed by atoms with Gasteiger partial charge in [-0.2, -0.15) is 0 Å². The van der Waals surface area contributed by atoms with Crippen molar-refractivity contribution in [3.05, 3.63) is 29.8 Å². The Hall–Kier alpha value is -1.71. The molecule has 0 aliphatic carbocycles. The minimum atomic E-state index is -0.411. The monoisotopic (exact) mass is 193 g/mol. The summed E-state index contributed by atoms with van der Waals surface area (Å²) in [6.07, 6.45) is -0.722. The van der Waals surface area contributed by atoms with Gasteiger partial charge in [0.2, 0.25) is 0 Å². The van der Waals surface area contributed by atoms with E-state index in [9.17, 15) is 9.90 Å². The molecule has 1 aliphatic heterocycles. The van der Waals surface area contributed by atoms with Crippen molar-refractivity contribution < 1.29 is 14.6 Å². The van der Waals surface area contributed by atoms with Crippen molar-refractivity contribution in [2.24, 2.45) is 0 Å². The van der Waals surface area contributed by atoms with E-state index in [1.165, 1.54) is 0 Å². The van der Waals surface area contributed by atoms with Crippen molar-refractivity contribution >= 4 is 6.09 Å². The van der Waals surface area contributed by atoms with Gasteiger partial charge in [-0.1, -0.05) is 12.1 Å². The van der Waals surface area contributed by atoms with Crippen molar-refractivity contribution in [1.29, 1.82) is 0 Å². The van der Waals surface area contributed by atoms with Crippen LogP contribution in [0.4, 0.5) is 4.79 Å². The molecule has 2 rings (SSSR count). The second-order valence-corrected chi connectivity index (χ2v) is 3.35. The molecule has 1 heterocycles. The summed E-state index contributed by atoms with van der Waals surface area (Å²) >= 11 is 0. The number of phenolic OH excluding ortho intramolecular Hbond substituents is 1.